The molecular weight excluding hydrogens is 701 g/mol. The van der Waals surface area contributed by atoms with Crippen LogP contribution in [0.5, 0.6) is 0 Å². The van der Waals surface area contributed by atoms with Crippen LogP contribution < -0.4 is 22.1 Å². The second kappa shape index (κ2) is 16.5. The Hall–Kier alpha value is -7.72. The summed E-state index contributed by atoms with van der Waals surface area (Å²) in [6, 6.07) is 46.9. The van der Waals surface area contributed by atoms with Crippen molar-refractivity contribution in [2.75, 3.05) is 10.6 Å². The number of nitrogens with one attached hydrogen (secondary N) is 4. The van der Waals surface area contributed by atoms with Crippen molar-refractivity contribution >= 4 is 56.6 Å². The molecule has 10 nitrogen and oxygen atoms in total. The van der Waals surface area contributed by atoms with Gasteiger partial charge in [-0.25, -0.2) is 0 Å². The standard InChI is InChI=1S/2C23H19N3O2/c2*24-23(28)16-9-6-10-17(13-16)26-21(15-7-2-1-3-8-15)22(27)19-14-25-20-12-5-4-11-18(19)20/h2*1-14,21,25-26H,(H2,24,28). The monoisotopic (exact) mass is 738 g/mol. The van der Waals surface area contributed by atoms with E-state index in [9.17, 15) is 19.2 Å². The number of carbonyl (C=O) groups excluding carboxylic acids is 4. The fourth-order valence-electron chi connectivity index (χ4n) is 6.61. The van der Waals surface area contributed by atoms with Gasteiger partial charge in [-0.05, 0) is 59.7 Å². The fourth-order valence-corrected chi connectivity index (χ4v) is 6.61. The van der Waals surface area contributed by atoms with Crippen molar-refractivity contribution in [1.29, 1.82) is 0 Å². The topological polar surface area (TPSA) is 176 Å². The Morgan fingerprint density at radius 2 is 0.821 bits per heavy atom. The molecule has 0 radical (unpaired) electrons. The third-order valence-electron chi connectivity index (χ3n) is 9.42. The normalized spacial score (nSPS) is 11.9. The zero-order valence-electron chi connectivity index (χ0n) is 30.1. The molecule has 0 bridgehead atoms. The summed E-state index contributed by atoms with van der Waals surface area (Å²) in [6.45, 7) is 0. The first-order valence-electron chi connectivity index (χ1n) is 17.9. The maximum Gasteiger partial charge on any atom is 0.248 e. The summed E-state index contributed by atoms with van der Waals surface area (Å²) >= 11 is 0. The van der Waals surface area contributed by atoms with Crippen molar-refractivity contribution in [2.24, 2.45) is 11.5 Å². The number of rotatable bonds is 12. The molecule has 0 aliphatic carbocycles. The van der Waals surface area contributed by atoms with Gasteiger partial charge in [0.15, 0.2) is 11.6 Å². The quantitative estimate of drug-likeness (QED) is 0.0684. The van der Waals surface area contributed by atoms with Gasteiger partial charge in [-0.2, -0.15) is 0 Å². The van der Waals surface area contributed by atoms with Crippen LogP contribution in [0.2, 0.25) is 0 Å². The van der Waals surface area contributed by atoms with Crippen molar-refractivity contribution in [2.45, 2.75) is 12.1 Å². The molecule has 0 saturated carbocycles. The third-order valence-corrected chi connectivity index (χ3v) is 9.42. The summed E-state index contributed by atoms with van der Waals surface area (Å²) in [6.07, 6.45) is 3.48. The molecule has 56 heavy (non-hydrogen) atoms. The highest BCUT2D eigenvalue weighted by molar-refractivity contribution is 6.12. The molecule has 2 unspecified atom stereocenters. The van der Waals surface area contributed by atoms with Crippen LogP contribution in [0.25, 0.3) is 21.8 Å². The van der Waals surface area contributed by atoms with Gasteiger partial charge in [0.1, 0.15) is 12.1 Å². The summed E-state index contributed by atoms with van der Waals surface area (Å²) in [4.78, 5) is 56.2. The van der Waals surface area contributed by atoms with Crippen molar-refractivity contribution in [1.82, 2.24) is 9.97 Å². The number of hydrogen-bond donors (Lipinski definition) is 6. The smallest absolute Gasteiger partial charge is 0.248 e. The fraction of sp³-hybridized carbons (Fsp3) is 0.0435. The lowest BCUT2D eigenvalue weighted by atomic mass is 9.96. The summed E-state index contributed by atoms with van der Waals surface area (Å²) in [5.41, 5.74) is 17.6. The highest BCUT2D eigenvalue weighted by atomic mass is 16.2. The number of primary amides is 2. The number of nitrogens with two attached hydrogens (primary N) is 2. The average Bonchev–Trinajstić information content (AvgIpc) is 3.88. The van der Waals surface area contributed by atoms with Crippen LogP contribution in [-0.4, -0.2) is 33.3 Å². The van der Waals surface area contributed by atoms with Crippen LogP contribution in [-0.2, 0) is 0 Å². The van der Waals surface area contributed by atoms with Gasteiger partial charge in [0.2, 0.25) is 11.8 Å². The van der Waals surface area contributed by atoms with E-state index in [1.54, 1.807) is 48.8 Å². The lowest BCUT2D eigenvalue weighted by molar-refractivity contribution is 0.0963. The number of aromatic nitrogens is 2. The molecule has 0 fully saturated rings. The van der Waals surface area contributed by atoms with Gasteiger partial charge >= 0.3 is 0 Å². The third kappa shape index (κ3) is 8.09. The summed E-state index contributed by atoms with van der Waals surface area (Å²) < 4.78 is 0. The predicted molar refractivity (Wildman–Crippen MR) is 221 cm³/mol. The largest absolute Gasteiger partial charge is 0.371 e. The van der Waals surface area contributed by atoms with E-state index in [1.807, 2.05) is 121 Å². The van der Waals surface area contributed by atoms with E-state index in [-0.39, 0.29) is 11.6 Å². The number of amides is 2. The molecular formula is C46H38N6O4. The first kappa shape index (κ1) is 36.6. The van der Waals surface area contributed by atoms with E-state index in [1.165, 1.54) is 0 Å². The van der Waals surface area contributed by atoms with E-state index in [0.29, 0.717) is 33.6 Å². The van der Waals surface area contributed by atoms with Gasteiger partial charge in [-0.3, -0.25) is 19.2 Å². The highest BCUT2D eigenvalue weighted by Gasteiger charge is 2.26. The van der Waals surface area contributed by atoms with E-state index >= 15 is 0 Å². The van der Waals surface area contributed by atoms with Gasteiger partial charge in [0.25, 0.3) is 0 Å². The molecule has 2 atom stereocenters. The first-order chi connectivity index (χ1) is 27.3. The molecule has 276 valence electrons. The number of anilines is 2. The molecule has 0 aliphatic heterocycles. The molecule has 2 amide bonds. The van der Waals surface area contributed by atoms with Gasteiger partial charge in [-0.1, -0.05) is 109 Å². The van der Waals surface area contributed by atoms with Crippen LogP contribution in [0.1, 0.15) is 64.6 Å². The maximum atomic E-state index is 13.5. The molecule has 2 heterocycles. The average molecular weight is 739 g/mol. The first-order valence-corrected chi connectivity index (χ1v) is 17.9. The summed E-state index contributed by atoms with van der Waals surface area (Å²) in [5.74, 6) is -1.15. The number of Topliss-reactive ketones (excluding diaryl/α,β-unsaturated/α-hetero) is 2. The molecule has 0 spiro atoms. The number of H-pyrrole nitrogens is 2. The van der Waals surface area contributed by atoms with Crippen LogP contribution in [0, 0.1) is 0 Å². The number of benzene rings is 6. The zero-order chi connectivity index (χ0) is 39.0. The van der Waals surface area contributed by atoms with Crippen molar-refractivity contribution in [3.63, 3.8) is 0 Å². The molecule has 8 rings (SSSR count). The Morgan fingerprint density at radius 3 is 1.21 bits per heavy atom. The minimum atomic E-state index is -0.608. The van der Waals surface area contributed by atoms with Crippen molar-refractivity contribution in [3.8, 4) is 0 Å². The minimum Gasteiger partial charge on any atom is -0.371 e. The molecule has 8 aromatic rings. The zero-order valence-corrected chi connectivity index (χ0v) is 30.1. The molecule has 6 aromatic carbocycles. The van der Waals surface area contributed by atoms with E-state index in [4.69, 9.17) is 11.5 Å². The van der Waals surface area contributed by atoms with Crippen molar-refractivity contribution in [3.05, 3.63) is 203 Å². The van der Waals surface area contributed by atoms with Crippen LogP contribution >= 0.6 is 0 Å². The summed E-state index contributed by atoms with van der Waals surface area (Å²) in [7, 11) is 0. The molecule has 0 aliphatic rings. The number of para-hydroxylation sites is 2. The van der Waals surface area contributed by atoms with Gasteiger partial charge < -0.3 is 32.1 Å². The number of ketones is 2. The van der Waals surface area contributed by atoms with Crippen LogP contribution in [0.4, 0.5) is 11.4 Å². The number of fused-ring (bicyclic) bond motifs is 2. The maximum absolute atomic E-state index is 13.5. The lowest BCUT2D eigenvalue weighted by Gasteiger charge is -2.19. The molecule has 8 N–H and O–H groups in total. The SMILES string of the molecule is NC(=O)c1cccc(NC(C(=O)c2c[nH]c3ccccc23)c2ccccc2)c1.NC(=O)c1cccc(NC(C(=O)c2c[nH]c3ccccc23)c2ccccc2)c1. The van der Waals surface area contributed by atoms with E-state index in [2.05, 4.69) is 20.6 Å². The minimum absolute atomic E-state index is 0.0619. The second-order valence-corrected chi connectivity index (χ2v) is 13.1. The Labute approximate surface area is 322 Å². The summed E-state index contributed by atoms with van der Waals surface area (Å²) in [5, 5.41) is 8.30. The Bertz CT molecular complexity index is 2480. The Balaban J connectivity index is 0.000000172. The molecule has 0 saturated heterocycles. The predicted octanol–water partition coefficient (Wildman–Crippen LogP) is 8.61. The van der Waals surface area contributed by atoms with Gasteiger partial charge in [0, 0.05) is 67.8 Å². The second-order valence-electron chi connectivity index (χ2n) is 13.1. The lowest BCUT2D eigenvalue weighted by Crippen LogP contribution is -2.21. The van der Waals surface area contributed by atoms with Crippen LogP contribution in [0.15, 0.2) is 170 Å². The number of aromatic amines is 2. The van der Waals surface area contributed by atoms with Crippen molar-refractivity contribution < 1.29 is 19.2 Å². The van der Waals surface area contributed by atoms with Gasteiger partial charge in [0.05, 0.1) is 0 Å². The highest BCUT2D eigenvalue weighted by Crippen LogP contribution is 2.30. The van der Waals surface area contributed by atoms with E-state index in [0.717, 1.165) is 32.9 Å². The molecule has 2 aromatic heterocycles. The Morgan fingerprint density at radius 1 is 0.446 bits per heavy atom. The van der Waals surface area contributed by atoms with E-state index < -0.39 is 23.9 Å². The van der Waals surface area contributed by atoms with Crippen LogP contribution in [0.3, 0.4) is 0 Å². The Kier molecular flexibility index (Phi) is 10.8. The number of carbonyl (C=O) groups is 4. The number of hydrogen-bond acceptors (Lipinski definition) is 6. The molecule has 10 heteroatoms. The van der Waals surface area contributed by atoms with Gasteiger partial charge in [-0.15, -0.1) is 0 Å².